The van der Waals surface area contributed by atoms with Crippen molar-refractivity contribution in [3.05, 3.63) is 36.0 Å². The Balaban J connectivity index is 1.43. The van der Waals surface area contributed by atoms with Crippen LogP contribution in [0.4, 0.5) is 17.5 Å². The lowest BCUT2D eigenvalue weighted by Gasteiger charge is -2.35. The van der Waals surface area contributed by atoms with E-state index in [0.29, 0.717) is 37.8 Å². The van der Waals surface area contributed by atoms with E-state index < -0.39 is 10.0 Å². The van der Waals surface area contributed by atoms with Gasteiger partial charge in [-0.05, 0) is 50.5 Å². The molecule has 2 aliphatic heterocycles. The summed E-state index contributed by atoms with van der Waals surface area (Å²) in [6.07, 6.45) is 3.63. The van der Waals surface area contributed by atoms with Crippen LogP contribution >= 0.6 is 0 Å². The molecule has 0 spiro atoms. The molecule has 10 heteroatoms. The van der Waals surface area contributed by atoms with Gasteiger partial charge in [-0.25, -0.2) is 13.4 Å². The number of piperidine rings is 1. The summed E-state index contributed by atoms with van der Waals surface area (Å²) >= 11 is 0. The zero-order valence-electron chi connectivity index (χ0n) is 18.6. The van der Waals surface area contributed by atoms with E-state index in [4.69, 9.17) is 4.98 Å². The molecule has 32 heavy (non-hydrogen) atoms. The highest BCUT2D eigenvalue weighted by atomic mass is 32.2. The molecule has 0 aliphatic carbocycles. The number of rotatable bonds is 5. The Morgan fingerprint density at radius 3 is 2.19 bits per heavy atom. The first kappa shape index (κ1) is 22.5. The molecule has 172 valence electrons. The highest BCUT2D eigenvalue weighted by Gasteiger charge is 2.29. The highest BCUT2D eigenvalue weighted by Crippen LogP contribution is 2.24. The number of piperazine rings is 1. The number of hydrogen-bond donors (Lipinski definition) is 1. The Bertz CT molecular complexity index is 1060. The lowest BCUT2D eigenvalue weighted by Crippen LogP contribution is -2.49. The van der Waals surface area contributed by atoms with E-state index in [1.54, 1.807) is 12.1 Å². The third-order valence-electron chi connectivity index (χ3n) is 5.84. The number of sulfonamides is 1. The van der Waals surface area contributed by atoms with E-state index in [0.717, 1.165) is 24.6 Å². The molecule has 2 aliphatic rings. The monoisotopic (exact) mass is 458 g/mol. The predicted octanol–water partition coefficient (Wildman–Crippen LogP) is 2.24. The van der Waals surface area contributed by atoms with Gasteiger partial charge in [0, 0.05) is 63.6 Å². The lowest BCUT2D eigenvalue weighted by atomic mass is 10.1. The summed E-state index contributed by atoms with van der Waals surface area (Å²) in [5, 5.41) is 2.65. The van der Waals surface area contributed by atoms with Gasteiger partial charge in [0.05, 0.1) is 4.90 Å². The number of carbonyl (C=O) groups excluding carboxylic acids is 1. The number of nitrogens with one attached hydrogen (secondary N) is 1. The Kier molecular flexibility index (Phi) is 6.61. The van der Waals surface area contributed by atoms with Crippen molar-refractivity contribution in [3.63, 3.8) is 0 Å². The average Bonchev–Trinajstić information content (AvgIpc) is 2.79. The second-order valence-electron chi connectivity index (χ2n) is 8.31. The fourth-order valence-corrected chi connectivity index (χ4v) is 5.58. The van der Waals surface area contributed by atoms with Gasteiger partial charge in [0.2, 0.25) is 21.9 Å². The first-order valence-electron chi connectivity index (χ1n) is 11.1. The van der Waals surface area contributed by atoms with Crippen LogP contribution in [0.15, 0.2) is 35.2 Å². The van der Waals surface area contributed by atoms with Crippen molar-refractivity contribution in [2.45, 2.75) is 38.0 Å². The first-order chi connectivity index (χ1) is 15.3. The maximum atomic E-state index is 13.1. The average molecular weight is 459 g/mol. The molecule has 3 heterocycles. The van der Waals surface area contributed by atoms with Crippen molar-refractivity contribution in [1.82, 2.24) is 14.3 Å². The molecule has 4 rings (SSSR count). The van der Waals surface area contributed by atoms with E-state index in [1.165, 1.54) is 42.6 Å². The van der Waals surface area contributed by atoms with Crippen LogP contribution in [0.2, 0.25) is 0 Å². The summed E-state index contributed by atoms with van der Waals surface area (Å²) < 4.78 is 27.6. The van der Waals surface area contributed by atoms with E-state index in [2.05, 4.69) is 20.1 Å². The van der Waals surface area contributed by atoms with Crippen LogP contribution in [0.25, 0.3) is 0 Å². The fourth-order valence-electron chi connectivity index (χ4n) is 4.15. The number of benzene rings is 1. The summed E-state index contributed by atoms with van der Waals surface area (Å²) in [6.45, 7) is 7.23. The van der Waals surface area contributed by atoms with Gasteiger partial charge in [-0.1, -0.05) is 0 Å². The molecule has 1 N–H and O–H groups in total. The first-order valence-corrected chi connectivity index (χ1v) is 12.5. The summed E-state index contributed by atoms with van der Waals surface area (Å²) in [5.41, 5.74) is 1.49. The molecule has 0 radical (unpaired) electrons. The van der Waals surface area contributed by atoms with Crippen molar-refractivity contribution in [1.29, 1.82) is 0 Å². The minimum Gasteiger partial charge on any atom is -0.356 e. The van der Waals surface area contributed by atoms with Crippen LogP contribution in [0.5, 0.6) is 0 Å². The molecule has 0 atom stereocenters. The van der Waals surface area contributed by atoms with E-state index in [1.807, 2.05) is 13.0 Å². The summed E-state index contributed by atoms with van der Waals surface area (Å²) in [7, 11) is -3.60. The highest BCUT2D eigenvalue weighted by molar-refractivity contribution is 7.89. The second kappa shape index (κ2) is 9.41. The van der Waals surface area contributed by atoms with Crippen LogP contribution < -0.4 is 15.1 Å². The maximum absolute atomic E-state index is 13.1. The molecule has 1 amide bonds. The minimum absolute atomic E-state index is 0.196. The zero-order chi connectivity index (χ0) is 22.7. The summed E-state index contributed by atoms with van der Waals surface area (Å²) in [6, 6.07) is 8.30. The summed E-state index contributed by atoms with van der Waals surface area (Å²) in [5.74, 6) is 1.43. The van der Waals surface area contributed by atoms with Crippen molar-refractivity contribution in [2.75, 3.05) is 54.4 Å². The fraction of sp³-hybridized carbons (Fsp3) is 0.500. The Morgan fingerprint density at radius 1 is 0.906 bits per heavy atom. The molecule has 0 unspecified atom stereocenters. The maximum Gasteiger partial charge on any atom is 0.243 e. The van der Waals surface area contributed by atoms with E-state index in [9.17, 15) is 13.2 Å². The van der Waals surface area contributed by atoms with Gasteiger partial charge in [0.25, 0.3) is 0 Å². The van der Waals surface area contributed by atoms with Gasteiger partial charge in [0.1, 0.15) is 5.82 Å². The Morgan fingerprint density at radius 2 is 1.56 bits per heavy atom. The van der Waals surface area contributed by atoms with Gasteiger partial charge < -0.3 is 15.1 Å². The van der Waals surface area contributed by atoms with Gasteiger partial charge in [-0.2, -0.15) is 9.29 Å². The molecule has 1 aromatic carbocycles. The van der Waals surface area contributed by atoms with Crippen LogP contribution in [0.3, 0.4) is 0 Å². The summed E-state index contributed by atoms with van der Waals surface area (Å²) in [4.78, 5) is 25.2. The number of aromatic nitrogens is 2. The molecule has 2 saturated heterocycles. The SMILES string of the molecule is CC(=O)Nc1ccc(S(=O)(=O)N2CCN(c3nc(C)cc(N4CCCCC4)n3)CC2)cc1. The predicted molar refractivity (Wildman–Crippen MR) is 125 cm³/mol. The van der Waals surface area contributed by atoms with Crippen LogP contribution in [-0.4, -0.2) is 67.9 Å². The molecule has 0 bridgehead atoms. The molecule has 2 fully saturated rings. The van der Waals surface area contributed by atoms with Crippen molar-refractivity contribution >= 4 is 33.4 Å². The van der Waals surface area contributed by atoms with Crippen LogP contribution in [0.1, 0.15) is 31.9 Å². The Hall–Kier alpha value is -2.72. The molecule has 2 aromatic rings. The second-order valence-corrected chi connectivity index (χ2v) is 10.2. The molecule has 9 nitrogen and oxygen atoms in total. The number of hydrogen-bond acceptors (Lipinski definition) is 7. The Labute approximate surface area is 189 Å². The van der Waals surface area contributed by atoms with Crippen LogP contribution in [-0.2, 0) is 14.8 Å². The molecule has 1 aromatic heterocycles. The number of aryl methyl sites for hydroxylation is 1. The van der Waals surface area contributed by atoms with E-state index in [-0.39, 0.29) is 10.8 Å². The van der Waals surface area contributed by atoms with Gasteiger partial charge in [0.15, 0.2) is 0 Å². The largest absolute Gasteiger partial charge is 0.356 e. The number of carbonyl (C=O) groups is 1. The van der Waals surface area contributed by atoms with Crippen LogP contribution in [0, 0.1) is 6.92 Å². The molecular formula is C22H30N6O3S. The smallest absolute Gasteiger partial charge is 0.243 e. The number of anilines is 3. The third-order valence-corrected chi connectivity index (χ3v) is 7.76. The number of amides is 1. The lowest BCUT2D eigenvalue weighted by molar-refractivity contribution is -0.114. The van der Waals surface area contributed by atoms with Gasteiger partial charge in [-0.3, -0.25) is 4.79 Å². The van der Waals surface area contributed by atoms with E-state index >= 15 is 0 Å². The normalized spacial score (nSPS) is 17.9. The quantitative estimate of drug-likeness (QED) is 0.734. The van der Waals surface area contributed by atoms with Crippen molar-refractivity contribution in [3.8, 4) is 0 Å². The van der Waals surface area contributed by atoms with Gasteiger partial charge >= 0.3 is 0 Å². The van der Waals surface area contributed by atoms with Gasteiger partial charge in [-0.15, -0.1) is 0 Å². The topological polar surface area (TPSA) is 98.7 Å². The number of nitrogens with zero attached hydrogens (tertiary/aromatic N) is 5. The van der Waals surface area contributed by atoms with Crippen molar-refractivity contribution < 1.29 is 13.2 Å². The third kappa shape index (κ3) is 5.02. The zero-order valence-corrected chi connectivity index (χ0v) is 19.4. The molecular weight excluding hydrogens is 428 g/mol. The van der Waals surface area contributed by atoms with Crippen molar-refractivity contribution in [2.24, 2.45) is 0 Å². The molecule has 0 saturated carbocycles. The standard InChI is InChI=1S/C22H30N6O3S/c1-17-16-21(26-10-4-3-5-11-26)25-22(23-17)27-12-14-28(15-13-27)32(30,31)20-8-6-19(7-9-20)24-18(2)29/h6-9,16H,3-5,10-15H2,1-2H3,(H,24,29). The minimum atomic E-state index is -3.60.